The summed E-state index contributed by atoms with van der Waals surface area (Å²) >= 11 is 0. The van der Waals surface area contributed by atoms with Crippen LogP contribution in [0.1, 0.15) is 93.6 Å². The Kier molecular flexibility index (Phi) is 18.4. The van der Waals surface area contributed by atoms with Gasteiger partial charge in [0.1, 0.15) is 35.5 Å². The predicted octanol–water partition coefficient (Wildman–Crippen LogP) is 4.04. The lowest BCUT2D eigenvalue weighted by atomic mass is 9.73. The smallest absolute Gasteiger partial charge is 0.311 e. The summed E-state index contributed by atoms with van der Waals surface area (Å²) in [6.45, 7) is 15.0. The monoisotopic (exact) mass is 947 g/mol. The van der Waals surface area contributed by atoms with Gasteiger partial charge >= 0.3 is 5.97 Å². The van der Waals surface area contributed by atoms with E-state index in [4.69, 9.17) is 37.6 Å². The van der Waals surface area contributed by atoms with E-state index < -0.39 is 108 Å². The fourth-order valence-corrected chi connectivity index (χ4v) is 10.3. The van der Waals surface area contributed by atoms with Crippen molar-refractivity contribution in [1.29, 1.82) is 0 Å². The van der Waals surface area contributed by atoms with Crippen LogP contribution in [0.15, 0.2) is 47.1 Å². The molecule has 4 heterocycles. The summed E-state index contributed by atoms with van der Waals surface area (Å²) in [5.74, 6) is -4.79. The highest BCUT2D eigenvalue weighted by molar-refractivity contribution is 5.83. The van der Waals surface area contributed by atoms with Gasteiger partial charge in [-0.15, -0.1) is 0 Å². The number of Topliss-reactive ketones (excluding diaryl/α,β-unsaturated/α-hetero) is 1. The molecule has 67 heavy (non-hydrogen) atoms. The van der Waals surface area contributed by atoms with Crippen molar-refractivity contribution in [3.8, 4) is 11.3 Å². The lowest BCUT2D eigenvalue weighted by Crippen LogP contribution is -2.61. The van der Waals surface area contributed by atoms with Gasteiger partial charge in [-0.05, 0) is 92.2 Å². The molecule has 3 aliphatic heterocycles. The largest absolute Gasteiger partial charge is 0.464 e. The minimum absolute atomic E-state index is 0.0255. The number of aliphatic hydroxyl groups excluding tert-OH is 3. The Labute approximate surface area is 396 Å². The molecule has 5 rings (SSSR count). The van der Waals surface area contributed by atoms with Crippen molar-refractivity contribution >= 4 is 17.7 Å². The van der Waals surface area contributed by atoms with E-state index in [1.807, 2.05) is 63.2 Å². The van der Waals surface area contributed by atoms with Crippen LogP contribution >= 0.6 is 0 Å². The van der Waals surface area contributed by atoms with Gasteiger partial charge in [-0.25, -0.2) is 0 Å². The Morgan fingerprint density at radius 3 is 2.19 bits per heavy atom. The minimum atomic E-state index is -2.19. The number of rotatable bonds is 13. The molecule has 0 radical (unpaired) electrons. The number of amides is 1. The number of ketones is 1. The third-order valence-electron chi connectivity index (χ3n) is 14.7. The van der Waals surface area contributed by atoms with E-state index in [9.17, 15) is 34.8 Å². The number of nitrogens with one attached hydrogen (secondary N) is 1. The third kappa shape index (κ3) is 12.5. The van der Waals surface area contributed by atoms with Gasteiger partial charge in [-0.1, -0.05) is 39.0 Å². The molecule has 1 aromatic carbocycles. The third-order valence-corrected chi connectivity index (χ3v) is 14.7. The van der Waals surface area contributed by atoms with Gasteiger partial charge in [0.05, 0.1) is 60.3 Å². The molecular weight excluding hydrogens is 869 g/mol. The van der Waals surface area contributed by atoms with Gasteiger partial charge in [-0.2, -0.15) is 0 Å². The number of carbonyl (C=O) groups excluding carboxylic acids is 3. The van der Waals surface area contributed by atoms with Gasteiger partial charge in [0.25, 0.3) is 0 Å². The SMILES string of the molecule is COC1(C)CC(O[C@H]2[C@H](C)[C@@H](OC3OC(C)CC(N(C)C)C3O)[C@](C)(OC)C[C@@H](C)C(=O)[C@H](C)[C@@H](O)[C@](C)(O)[C@@H](CCNC(=O)Cc3cccc(-c4ccco4)c3)OC(=O)[C@@H]2C)OC(C)C1O. The van der Waals surface area contributed by atoms with E-state index in [1.54, 1.807) is 46.9 Å². The van der Waals surface area contributed by atoms with Crippen molar-refractivity contribution < 1.29 is 72.4 Å². The topological polar surface area (TPSA) is 225 Å². The van der Waals surface area contributed by atoms with Crippen LogP contribution in [0.5, 0.6) is 0 Å². The summed E-state index contributed by atoms with van der Waals surface area (Å²) < 4.78 is 50.1. The quantitative estimate of drug-likeness (QED) is 0.179. The molecule has 2 aromatic rings. The second-order valence-corrected chi connectivity index (χ2v) is 20.2. The minimum Gasteiger partial charge on any atom is -0.464 e. The molecule has 18 atom stereocenters. The fourth-order valence-electron chi connectivity index (χ4n) is 10.3. The van der Waals surface area contributed by atoms with Gasteiger partial charge in [-0.3, -0.25) is 14.4 Å². The average molecular weight is 947 g/mol. The van der Waals surface area contributed by atoms with Crippen LogP contribution in [0.2, 0.25) is 0 Å². The van der Waals surface area contributed by atoms with Crippen molar-refractivity contribution in [2.75, 3.05) is 34.9 Å². The second kappa shape index (κ2) is 22.6. The van der Waals surface area contributed by atoms with Crippen LogP contribution in [0.25, 0.3) is 11.3 Å². The molecule has 3 aliphatic rings. The average Bonchev–Trinajstić information content (AvgIpc) is 3.83. The molecule has 5 N–H and O–H groups in total. The molecule has 1 aromatic heterocycles. The molecule has 3 fully saturated rings. The first kappa shape index (κ1) is 54.6. The molecule has 378 valence electrons. The lowest BCUT2D eigenvalue weighted by Gasteiger charge is -2.50. The summed E-state index contributed by atoms with van der Waals surface area (Å²) in [5.41, 5.74) is -3.07. The maximum absolute atomic E-state index is 14.8. The second-order valence-electron chi connectivity index (χ2n) is 20.2. The lowest BCUT2D eigenvalue weighted by molar-refractivity contribution is -0.319. The zero-order valence-corrected chi connectivity index (χ0v) is 41.7. The van der Waals surface area contributed by atoms with Crippen molar-refractivity contribution in [3.63, 3.8) is 0 Å². The van der Waals surface area contributed by atoms with Crippen LogP contribution in [0.3, 0.4) is 0 Å². The predicted molar refractivity (Wildman–Crippen MR) is 246 cm³/mol. The highest BCUT2D eigenvalue weighted by Gasteiger charge is 2.54. The van der Waals surface area contributed by atoms with Crippen molar-refractivity contribution in [1.82, 2.24) is 10.2 Å². The van der Waals surface area contributed by atoms with E-state index in [-0.39, 0.29) is 50.3 Å². The molecule has 0 saturated carbocycles. The summed E-state index contributed by atoms with van der Waals surface area (Å²) in [7, 11) is 6.71. The summed E-state index contributed by atoms with van der Waals surface area (Å²) in [6, 6.07) is 10.7. The summed E-state index contributed by atoms with van der Waals surface area (Å²) in [5, 5.41) is 49.8. The zero-order valence-electron chi connectivity index (χ0n) is 41.7. The summed E-state index contributed by atoms with van der Waals surface area (Å²) in [6.07, 6.45) is -8.57. The number of hydrogen-bond acceptors (Lipinski definition) is 16. The highest BCUT2D eigenvalue weighted by atomic mass is 16.7. The first-order valence-corrected chi connectivity index (χ1v) is 23.7. The molecule has 1 amide bonds. The standard InChI is InChI=1S/C50H78N2O15/c1-27-25-49(8,61-13)45(67-47-41(55)35(52(10)11)22-28(2)63-47)30(4)42(66-39-26-48(7,60-12)44(57)32(6)64-39)31(5)46(58)65-37(50(9,59)43(56)29(3)40(27)54)19-20-51-38(53)24-33-16-14-17-34(23-33)36-18-15-21-62-36/h14-18,21,23,27-32,35,37,39,41-45,47,55-57,59H,19-20,22,24-26H2,1-13H3,(H,51,53)/t27-,28?,29+,30+,31-,32?,35?,37-,39?,41?,42+,43-,44?,45-,47?,48?,49-,50-/m1/s1. The number of benzene rings is 1. The van der Waals surface area contributed by atoms with E-state index in [1.165, 1.54) is 28.1 Å². The van der Waals surface area contributed by atoms with Gasteiger partial charge < -0.3 is 68.2 Å². The van der Waals surface area contributed by atoms with Gasteiger partial charge in [0.15, 0.2) is 12.6 Å². The Hall–Kier alpha value is -3.33. The zero-order chi connectivity index (χ0) is 49.8. The Bertz CT molecular complexity index is 1930. The number of nitrogens with zero attached hydrogens (tertiary/aromatic N) is 1. The Morgan fingerprint density at radius 1 is 0.881 bits per heavy atom. The maximum atomic E-state index is 14.8. The number of ether oxygens (including phenoxy) is 7. The Balaban J connectivity index is 1.52. The number of esters is 1. The van der Waals surface area contributed by atoms with Crippen LogP contribution in [0.4, 0.5) is 0 Å². The number of furan rings is 1. The van der Waals surface area contributed by atoms with Crippen LogP contribution in [-0.4, -0.2) is 162 Å². The molecule has 8 unspecified atom stereocenters. The molecule has 17 heteroatoms. The van der Waals surface area contributed by atoms with E-state index in [0.29, 0.717) is 12.2 Å². The van der Waals surface area contributed by atoms with Gasteiger partial charge in [0.2, 0.25) is 5.91 Å². The van der Waals surface area contributed by atoms with Crippen molar-refractivity contribution in [2.45, 2.75) is 179 Å². The molecule has 0 spiro atoms. The molecular formula is C50H78N2O15. The van der Waals surface area contributed by atoms with E-state index in [2.05, 4.69) is 5.32 Å². The van der Waals surface area contributed by atoms with Crippen LogP contribution < -0.4 is 5.32 Å². The number of hydrogen-bond donors (Lipinski definition) is 5. The maximum Gasteiger partial charge on any atom is 0.311 e. The molecule has 0 bridgehead atoms. The highest BCUT2D eigenvalue weighted by Crippen LogP contribution is 2.42. The van der Waals surface area contributed by atoms with Crippen molar-refractivity contribution in [2.24, 2.45) is 23.7 Å². The normalized spacial score (nSPS) is 40.5. The van der Waals surface area contributed by atoms with Gasteiger partial charge in [0, 0.05) is 63.0 Å². The number of cyclic esters (lactones) is 1. The molecule has 3 saturated heterocycles. The Morgan fingerprint density at radius 2 is 1.57 bits per heavy atom. The van der Waals surface area contributed by atoms with Crippen LogP contribution in [-0.2, 0) is 54.0 Å². The number of likely N-dealkylation sites (N-methyl/N-ethyl adjacent to an activating group) is 1. The molecule has 0 aliphatic carbocycles. The number of methoxy groups -OCH3 is 2. The summed E-state index contributed by atoms with van der Waals surface area (Å²) in [4.78, 5) is 44.4. The molecule has 17 nitrogen and oxygen atoms in total. The van der Waals surface area contributed by atoms with E-state index in [0.717, 1.165) is 11.1 Å². The fraction of sp³-hybridized carbons (Fsp3) is 0.740. The van der Waals surface area contributed by atoms with E-state index >= 15 is 0 Å². The van der Waals surface area contributed by atoms with Crippen LogP contribution in [0, 0.1) is 23.7 Å². The number of carbonyl (C=O) groups is 3. The first-order valence-electron chi connectivity index (χ1n) is 23.7. The van der Waals surface area contributed by atoms with Crippen molar-refractivity contribution in [3.05, 3.63) is 48.2 Å². The number of aliphatic hydroxyl groups is 4. The first-order chi connectivity index (χ1) is 31.4.